The van der Waals surface area contributed by atoms with Crippen LogP contribution in [0.25, 0.3) is 0 Å². The Kier molecular flexibility index (Phi) is 3.84. The van der Waals surface area contributed by atoms with Crippen LogP contribution in [-0.2, 0) is 6.18 Å². The maximum absolute atomic E-state index is 12.7. The van der Waals surface area contributed by atoms with Crippen molar-refractivity contribution in [1.29, 1.82) is 0 Å². The average molecular weight is 327 g/mol. The Balaban J connectivity index is 2.29. The van der Waals surface area contributed by atoms with E-state index in [-0.39, 0.29) is 9.21 Å². The summed E-state index contributed by atoms with van der Waals surface area (Å²) in [5.41, 5.74) is -1.35. The zero-order valence-corrected chi connectivity index (χ0v) is 11.7. The third-order valence-electron chi connectivity index (χ3n) is 2.14. The van der Waals surface area contributed by atoms with Crippen molar-refractivity contribution in [2.45, 2.75) is 13.1 Å². The third-order valence-corrected chi connectivity index (χ3v) is 4.27. The molecule has 0 spiro atoms. The highest BCUT2D eigenvalue weighted by Gasteiger charge is 2.36. The molecule has 9 heteroatoms. The fraction of sp³-hybridized carbons (Fsp3) is 0.200. The van der Waals surface area contributed by atoms with Crippen LogP contribution in [0.5, 0.6) is 0 Å². The first kappa shape index (κ1) is 14.3. The molecule has 2 aromatic heterocycles. The second-order valence-corrected chi connectivity index (χ2v) is 6.21. The number of aromatic nitrogens is 1. The summed E-state index contributed by atoms with van der Waals surface area (Å²) in [6, 6.07) is 0. The number of nitrogens with zero attached hydrogens (tertiary/aromatic N) is 1. The lowest BCUT2D eigenvalue weighted by molar-refractivity contribution is -0.136. The molecule has 0 bridgehead atoms. The topological polar surface area (TPSA) is 42.0 Å². The van der Waals surface area contributed by atoms with Gasteiger partial charge in [0.05, 0.1) is 22.5 Å². The van der Waals surface area contributed by atoms with E-state index in [1.54, 1.807) is 6.92 Å². The Hall–Kier alpha value is -1.12. The summed E-state index contributed by atoms with van der Waals surface area (Å²) in [7, 11) is 0. The van der Waals surface area contributed by atoms with Crippen molar-refractivity contribution in [1.82, 2.24) is 4.98 Å². The van der Waals surface area contributed by atoms with Crippen LogP contribution >= 0.6 is 34.3 Å². The van der Waals surface area contributed by atoms with E-state index in [0.717, 1.165) is 28.1 Å². The standard InChI is InChI=1S/C10H6ClF3N2OS2/c1-4-15-2-6(19-4)9(17)16-7-5(10(12,13)14)3-18-8(7)11/h2-3H,1H3,(H,16,17). The number of alkyl halides is 3. The molecule has 3 nitrogen and oxygen atoms in total. The van der Waals surface area contributed by atoms with Gasteiger partial charge in [-0.25, -0.2) is 4.98 Å². The van der Waals surface area contributed by atoms with Crippen LogP contribution in [-0.4, -0.2) is 10.9 Å². The molecular weight excluding hydrogens is 321 g/mol. The Morgan fingerprint density at radius 1 is 1.47 bits per heavy atom. The fourth-order valence-electron chi connectivity index (χ4n) is 1.30. The minimum atomic E-state index is -4.56. The van der Waals surface area contributed by atoms with Crippen LogP contribution < -0.4 is 5.32 Å². The van der Waals surface area contributed by atoms with E-state index in [1.807, 2.05) is 0 Å². The number of thiazole rings is 1. The molecule has 0 radical (unpaired) electrons. The van der Waals surface area contributed by atoms with Crippen LogP contribution in [0.3, 0.4) is 0 Å². The number of halogens is 4. The lowest BCUT2D eigenvalue weighted by Crippen LogP contribution is -2.14. The summed E-state index contributed by atoms with van der Waals surface area (Å²) < 4.78 is 38.0. The zero-order valence-electron chi connectivity index (χ0n) is 9.34. The van der Waals surface area contributed by atoms with Crippen molar-refractivity contribution in [2.24, 2.45) is 0 Å². The summed E-state index contributed by atoms with van der Waals surface area (Å²) in [6.45, 7) is 1.69. The summed E-state index contributed by atoms with van der Waals surface area (Å²) >= 11 is 7.49. The number of aryl methyl sites for hydroxylation is 1. The van der Waals surface area contributed by atoms with E-state index in [2.05, 4.69) is 10.3 Å². The van der Waals surface area contributed by atoms with E-state index in [0.29, 0.717) is 5.01 Å². The second-order valence-electron chi connectivity index (χ2n) is 3.49. The smallest absolute Gasteiger partial charge is 0.319 e. The molecule has 0 aliphatic carbocycles. The van der Waals surface area contributed by atoms with Crippen LogP contribution in [0.2, 0.25) is 4.34 Å². The first-order valence-corrected chi connectivity index (χ1v) is 6.94. The first-order chi connectivity index (χ1) is 8.79. The summed E-state index contributed by atoms with van der Waals surface area (Å²) in [5.74, 6) is -0.656. The largest absolute Gasteiger partial charge is 0.419 e. The SMILES string of the molecule is Cc1ncc(C(=O)Nc2c(C(F)(F)F)csc2Cl)s1. The van der Waals surface area contributed by atoms with Gasteiger partial charge >= 0.3 is 6.18 Å². The number of rotatable bonds is 2. The van der Waals surface area contributed by atoms with Gasteiger partial charge in [-0.15, -0.1) is 22.7 Å². The second kappa shape index (κ2) is 5.10. The van der Waals surface area contributed by atoms with Gasteiger partial charge < -0.3 is 5.32 Å². The molecule has 19 heavy (non-hydrogen) atoms. The molecule has 1 amide bonds. The van der Waals surface area contributed by atoms with E-state index in [1.165, 1.54) is 6.20 Å². The van der Waals surface area contributed by atoms with Crippen molar-refractivity contribution < 1.29 is 18.0 Å². The van der Waals surface area contributed by atoms with Gasteiger partial charge in [0.25, 0.3) is 5.91 Å². The van der Waals surface area contributed by atoms with Gasteiger partial charge in [0.1, 0.15) is 9.21 Å². The van der Waals surface area contributed by atoms with Gasteiger partial charge in [-0.05, 0) is 6.92 Å². The van der Waals surface area contributed by atoms with Crippen molar-refractivity contribution >= 4 is 45.9 Å². The van der Waals surface area contributed by atoms with Crippen molar-refractivity contribution in [3.63, 3.8) is 0 Å². The molecule has 0 atom stereocenters. The summed E-state index contributed by atoms with van der Waals surface area (Å²) in [6.07, 6.45) is -3.25. The summed E-state index contributed by atoms with van der Waals surface area (Å²) in [5, 5.41) is 3.71. The summed E-state index contributed by atoms with van der Waals surface area (Å²) in [4.78, 5) is 15.9. The minimum absolute atomic E-state index is 0.109. The number of carbonyl (C=O) groups excluding carboxylic acids is 1. The van der Waals surface area contributed by atoms with Gasteiger partial charge in [0.2, 0.25) is 0 Å². The Bertz CT molecular complexity index is 621. The number of amides is 1. The Morgan fingerprint density at radius 2 is 2.16 bits per heavy atom. The molecule has 0 saturated heterocycles. The number of carbonyl (C=O) groups is 1. The molecule has 0 aromatic carbocycles. The molecule has 2 heterocycles. The molecule has 0 unspecified atom stereocenters. The van der Waals surface area contributed by atoms with Gasteiger partial charge in [-0.1, -0.05) is 11.6 Å². The molecular formula is C10H6ClF3N2OS2. The fourth-order valence-corrected chi connectivity index (χ4v) is 3.01. The molecule has 0 fully saturated rings. The Morgan fingerprint density at radius 3 is 2.68 bits per heavy atom. The van der Waals surface area contributed by atoms with Gasteiger partial charge in [-0.2, -0.15) is 13.2 Å². The molecule has 0 aliphatic rings. The van der Waals surface area contributed by atoms with E-state index in [9.17, 15) is 18.0 Å². The minimum Gasteiger partial charge on any atom is -0.319 e. The van der Waals surface area contributed by atoms with Crippen LogP contribution in [0, 0.1) is 6.92 Å². The number of anilines is 1. The monoisotopic (exact) mass is 326 g/mol. The quantitative estimate of drug-likeness (QED) is 0.886. The Labute approximate surface area is 119 Å². The van der Waals surface area contributed by atoms with E-state index >= 15 is 0 Å². The predicted octanol–water partition coefficient (Wildman–Crippen LogP) is 4.44. The molecule has 0 aliphatic heterocycles. The van der Waals surface area contributed by atoms with Crippen molar-refractivity contribution in [3.05, 3.63) is 31.4 Å². The van der Waals surface area contributed by atoms with Gasteiger partial charge in [0, 0.05) is 5.38 Å². The molecule has 0 saturated carbocycles. The maximum atomic E-state index is 12.7. The van der Waals surface area contributed by atoms with E-state index in [4.69, 9.17) is 11.6 Å². The lowest BCUT2D eigenvalue weighted by Gasteiger charge is -2.09. The normalized spacial score (nSPS) is 11.6. The molecule has 2 rings (SSSR count). The highest BCUT2D eigenvalue weighted by molar-refractivity contribution is 7.15. The predicted molar refractivity (Wildman–Crippen MR) is 69.1 cm³/mol. The van der Waals surface area contributed by atoms with Crippen LogP contribution in [0.1, 0.15) is 20.2 Å². The van der Waals surface area contributed by atoms with Gasteiger partial charge in [-0.3, -0.25) is 4.79 Å². The number of thiophene rings is 1. The molecule has 102 valence electrons. The first-order valence-electron chi connectivity index (χ1n) is 4.87. The van der Waals surface area contributed by atoms with Crippen molar-refractivity contribution in [3.8, 4) is 0 Å². The maximum Gasteiger partial charge on any atom is 0.419 e. The highest BCUT2D eigenvalue weighted by atomic mass is 35.5. The number of nitrogens with one attached hydrogen (secondary N) is 1. The number of hydrogen-bond acceptors (Lipinski definition) is 4. The highest BCUT2D eigenvalue weighted by Crippen LogP contribution is 2.42. The van der Waals surface area contributed by atoms with Crippen molar-refractivity contribution in [2.75, 3.05) is 5.32 Å². The van der Waals surface area contributed by atoms with Gasteiger partial charge in [0.15, 0.2) is 0 Å². The average Bonchev–Trinajstić information content (AvgIpc) is 2.85. The van der Waals surface area contributed by atoms with Crippen LogP contribution in [0.4, 0.5) is 18.9 Å². The van der Waals surface area contributed by atoms with E-state index < -0.39 is 23.3 Å². The zero-order chi connectivity index (χ0) is 14.2. The number of hydrogen-bond donors (Lipinski definition) is 1. The molecule has 1 N–H and O–H groups in total. The lowest BCUT2D eigenvalue weighted by atomic mass is 10.3. The van der Waals surface area contributed by atoms with Crippen LogP contribution in [0.15, 0.2) is 11.6 Å². The molecule has 2 aromatic rings. The third kappa shape index (κ3) is 3.07.